The third-order valence-corrected chi connectivity index (χ3v) is 9.92. The fraction of sp³-hybridized carbons (Fsp3) is 0.765. The third kappa shape index (κ3) is 10.6. The molecule has 1 heterocycles. The molecule has 0 spiro atoms. The Hall–Kier alpha value is -2.00. The Kier molecular flexibility index (Phi) is 14.2. The van der Waals surface area contributed by atoms with Crippen LogP contribution in [0.3, 0.4) is 0 Å². The largest absolute Gasteiger partial charge is 0.481 e. The first-order chi connectivity index (χ1) is 20.1. The SMILES string of the molecule is CCCCCC1C=CC(CCCCCC(C(=O)O)C(O)CC(CNC)C2(O)CCC(Cc3ccnc(N)c3)C2)C(O)C1. The quantitative estimate of drug-likeness (QED) is 0.0966. The lowest BCUT2D eigenvalue weighted by Crippen LogP contribution is -2.44. The summed E-state index contributed by atoms with van der Waals surface area (Å²) in [6.07, 6.45) is 17.6. The molecule has 8 heteroatoms. The van der Waals surface area contributed by atoms with Crippen LogP contribution in [0.15, 0.2) is 30.5 Å². The number of aliphatic hydroxyl groups excluding tert-OH is 2. The number of rotatable bonds is 19. The van der Waals surface area contributed by atoms with Crippen LogP contribution in [-0.2, 0) is 11.2 Å². The van der Waals surface area contributed by atoms with E-state index in [-0.39, 0.29) is 24.4 Å². The van der Waals surface area contributed by atoms with E-state index in [0.29, 0.717) is 43.5 Å². The molecule has 0 saturated heterocycles. The van der Waals surface area contributed by atoms with Gasteiger partial charge in [-0.1, -0.05) is 57.6 Å². The van der Waals surface area contributed by atoms with Crippen LogP contribution in [0.1, 0.15) is 102 Å². The van der Waals surface area contributed by atoms with E-state index in [4.69, 9.17) is 5.73 Å². The minimum absolute atomic E-state index is 0.183. The second-order valence-electron chi connectivity index (χ2n) is 13.3. The van der Waals surface area contributed by atoms with E-state index in [1.807, 2.05) is 19.2 Å². The van der Waals surface area contributed by atoms with Gasteiger partial charge in [0.25, 0.3) is 0 Å². The summed E-state index contributed by atoms with van der Waals surface area (Å²) >= 11 is 0. The molecule has 0 radical (unpaired) electrons. The van der Waals surface area contributed by atoms with E-state index < -0.39 is 23.6 Å². The van der Waals surface area contributed by atoms with Crippen molar-refractivity contribution in [2.45, 2.75) is 121 Å². The number of unbranched alkanes of at least 4 members (excludes halogenated alkanes) is 4. The van der Waals surface area contributed by atoms with Gasteiger partial charge in [0.05, 0.1) is 23.7 Å². The predicted octanol–water partition coefficient (Wildman–Crippen LogP) is 5.11. The number of aliphatic carboxylic acids is 1. The lowest BCUT2D eigenvalue weighted by molar-refractivity contribution is -0.147. The molecule has 1 aromatic rings. The molecule has 1 aromatic heterocycles. The van der Waals surface area contributed by atoms with Crippen molar-refractivity contribution in [2.75, 3.05) is 19.3 Å². The molecule has 0 amide bonds. The Labute approximate surface area is 253 Å². The van der Waals surface area contributed by atoms with Gasteiger partial charge in [-0.05, 0) is 94.4 Å². The van der Waals surface area contributed by atoms with Crippen molar-refractivity contribution in [2.24, 2.45) is 29.6 Å². The van der Waals surface area contributed by atoms with Crippen molar-refractivity contribution >= 4 is 11.8 Å². The topological polar surface area (TPSA) is 149 Å². The first kappa shape index (κ1) is 34.5. The highest BCUT2D eigenvalue weighted by molar-refractivity contribution is 5.70. The average molecular weight is 588 g/mol. The van der Waals surface area contributed by atoms with Crippen LogP contribution in [0, 0.1) is 29.6 Å². The lowest BCUT2D eigenvalue weighted by Gasteiger charge is -2.35. The number of pyridine rings is 1. The molecule has 8 atom stereocenters. The molecular formula is C34H57N3O5. The summed E-state index contributed by atoms with van der Waals surface area (Å²) < 4.78 is 0. The van der Waals surface area contributed by atoms with Gasteiger partial charge in [0.1, 0.15) is 5.82 Å². The van der Waals surface area contributed by atoms with Crippen LogP contribution in [0.5, 0.6) is 0 Å². The summed E-state index contributed by atoms with van der Waals surface area (Å²) in [4.78, 5) is 16.2. The smallest absolute Gasteiger partial charge is 0.309 e. The zero-order valence-corrected chi connectivity index (χ0v) is 26.0. The Morgan fingerprint density at radius 3 is 2.67 bits per heavy atom. The van der Waals surface area contributed by atoms with Crippen molar-refractivity contribution < 1.29 is 25.2 Å². The fourth-order valence-corrected chi connectivity index (χ4v) is 7.41. The Morgan fingerprint density at radius 1 is 1.19 bits per heavy atom. The van der Waals surface area contributed by atoms with Gasteiger partial charge in [-0.3, -0.25) is 4.79 Å². The summed E-state index contributed by atoms with van der Waals surface area (Å²) in [6, 6.07) is 3.83. The zero-order valence-electron chi connectivity index (χ0n) is 26.0. The van der Waals surface area contributed by atoms with Crippen LogP contribution < -0.4 is 11.1 Å². The molecule has 8 unspecified atom stereocenters. The maximum Gasteiger partial charge on any atom is 0.309 e. The Balaban J connectivity index is 1.45. The summed E-state index contributed by atoms with van der Waals surface area (Å²) in [5, 5.41) is 46.5. The van der Waals surface area contributed by atoms with Gasteiger partial charge in [-0.25, -0.2) is 4.98 Å². The number of aromatic nitrogens is 1. The van der Waals surface area contributed by atoms with E-state index in [1.54, 1.807) is 6.20 Å². The van der Waals surface area contributed by atoms with Crippen LogP contribution >= 0.6 is 0 Å². The van der Waals surface area contributed by atoms with Crippen LogP contribution in [0.2, 0.25) is 0 Å². The summed E-state index contributed by atoms with van der Waals surface area (Å²) in [7, 11) is 1.83. The van der Waals surface area contributed by atoms with Crippen molar-refractivity contribution in [3.05, 3.63) is 36.0 Å². The molecular weight excluding hydrogens is 530 g/mol. The Bertz CT molecular complexity index is 974. The number of hydrogen-bond acceptors (Lipinski definition) is 7. The van der Waals surface area contributed by atoms with Crippen LogP contribution in [0.25, 0.3) is 0 Å². The van der Waals surface area contributed by atoms with Crippen molar-refractivity contribution in [3.63, 3.8) is 0 Å². The number of carboxylic acid groups (broad SMARTS) is 1. The number of anilines is 1. The van der Waals surface area contributed by atoms with Crippen LogP contribution in [-0.4, -0.2) is 62.8 Å². The number of hydrogen-bond donors (Lipinski definition) is 6. The van der Waals surface area contributed by atoms with E-state index in [0.717, 1.165) is 56.9 Å². The zero-order chi connectivity index (χ0) is 30.5. The van der Waals surface area contributed by atoms with Gasteiger partial charge in [-0.2, -0.15) is 0 Å². The van der Waals surface area contributed by atoms with Crippen LogP contribution in [0.4, 0.5) is 5.82 Å². The highest BCUT2D eigenvalue weighted by Crippen LogP contribution is 2.43. The van der Waals surface area contributed by atoms with E-state index in [1.165, 1.54) is 19.3 Å². The number of nitrogen functional groups attached to an aromatic ring is 1. The molecule has 1 saturated carbocycles. The second-order valence-corrected chi connectivity index (χ2v) is 13.3. The first-order valence-electron chi connectivity index (χ1n) is 16.5. The van der Waals surface area contributed by atoms with E-state index in [9.17, 15) is 25.2 Å². The molecule has 8 nitrogen and oxygen atoms in total. The van der Waals surface area contributed by atoms with E-state index in [2.05, 4.69) is 29.4 Å². The number of carbonyl (C=O) groups is 1. The summed E-state index contributed by atoms with van der Waals surface area (Å²) in [6.45, 7) is 2.73. The molecule has 7 N–H and O–H groups in total. The molecule has 2 aliphatic rings. The average Bonchev–Trinajstić information content (AvgIpc) is 3.32. The van der Waals surface area contributed by atoms with Crippen molar-refractivity contribution in [1.29, 1.82) is 0 Å². The molecule has 238 valence electrons. The summed E-state index contributed by atoms with van der Waals surface area (Å²) in [5.41, 5.74) is 6.00. The molecule has 0 aromatic carbocycles. The van der Waals surface area contributed by atoms with Crippen molar-refractivity contribution in [3.8, 4) is 0 Å². The number of aliphatic hydroxyl groups is 3. The molecule has 2 aliphatic carbocycles. The third-order valence-electron chi connectivity index (χ3n) is 9.92. The van der Waals surface area contributed by atoms with Gasteiger partial charge < -0.3 is 31.5 Å². The number of nitrogens with two attached hydrogens (primary N) is 1. The highest BCUT2D eigenvalue weighted by atomic mass is 16.4. The van der Waals surface area contributed by atoms with Gasteiger partial charge >= 0.3 is 5.97 Å². The summed E-state index contributed by atoms with van der Waals surface area (Å²) in [5.74, 6) is -0.605. The monoisotopic (exact) mass is 587 g/mol. The molecule has 0 bridgehead atoms. The standard InChI is InChI=1S/C34H57N3O5/c1-3-4-6-9-24-12-13-27(30(38)19-24)10-7-5-8-11-29(33(40)41)31(39)21-28(23-36-2)34(42)16-14-26(22-34)18-25-15-17-37-32(35)20-25/h12-13,15,17,20,24,26-31,36,38-39,42H,3-11,14,16,18-19,21-23H2,1-2H3,(H2,35,37)(H,40,41). The maximum absolute atomic E-state index is 12.1. The minimum atomic E-state index is -1.02. The van der Waals surface area contributed by atoms with Gasteiger partial charge in [0.2, 0.25) is 0 Å². The van der Waals surface area contributed by atoms with E-state index >= 15 is 0 Å². The molecule has 42 heavy (non-hydrogen) atoms. The van der Waals surface area contributed by atoms with Crippen molar-refractivity contribution in [1.82, 2.24) is 10.3 Å². The maximum atomic E-state index is 12.1. The molecule has 0 aliphatic heterocycles. The number of nitrogens with zero attached hydrogens (tertiary/aromatic N) is 1. The normalized spacial score (nSPS) is 28.0. The fourth-order valence-electron chi connectivity index (χ4n) is 7.41. The second kappa shape index (κ2) is 17.3. The number of carboxylic acids is 1. The highest BCUT2D eigenvalue weighted by Gasteiger charge is 2.44. The molecule has 1 fully saturated rings. The van der Waals surface area contributed by atoms with Gasteiger partial charge in [0.15, 0.2) is 0 Å². The van der Waals surface area contributed by atoms with Gasteiger partial charge in [0, 0.05) is 24.6 Å². The lowest BCUT2D eigenvalue weighted by atomic mass is 9.78. The Morgan fingerprint density at radius 2 is 1.98 bits per heavy atom. The predicted molar refractivity (Wildman–Crippen MR) is 168 cm³/mol. The number of nitrogens with one attached hydrogen (secondary N) is 1. The first-order valence-corrected chi connectivity index (χ1v) is 16.5. The minimum Gasteiger partial charge on any atom is -0.481 e. The number of allylic oxidation sites excluding steroid dienone is 1. The molecule has 3 rings (SSSR count). The van der Waals surface area contributed by atoms with Gasteiger partial charge in [-0.15, -0.1) is 0 Å².